The molecule has 0 aromatic heterocycles. The molecule has 3 aromatic carbocycles. The second-order valence-electron chi connectivity index (χ2n) is 10.5. The highest BCUT2D eigenvalue weighted by Crippen LogP contribution is 2.28. The Morgan fingerprint density at radius 1 is 0.951 bits per heavy atom. The first-order valence-corrected chi connectivity index (χ1v) is 15.3. The molecule has 9 heteroatoms. The van der Waals surface area contributed by atoms with Crippen molar-refractivity contribution in [2.75, 3.05) is 24.5 Å². The van der Waals surface area contributed by atoms with Crippen molar-refractivity contribution < 1.29 is 22.7 Å². The van der Waals surface area contributed by atoms with Crippen LogP contribution in [-0.4, -0.2) is 51.4 Å². The van der Waals surface area contributed by atoms with Crippen molar-refractivity contribution in [1.82, 2.24) is 10.2 Å². The molecule has 0 heterocycles. The molecule has 3 aromatic rings. The number of nitrogens with zero attached hydrogens (tertiary/aromatic N) is 2. The van der Waals surface area contributed by atoms with Crippen molar-refractivity contribution in [3.8, 4) is 5.75 Å². The van der Waals surface area contributed by atoms with Gasteiger partial charge >= 0.3 is 0 Å². The van der Waals surface area contributed by atoms with E-state index in [1.54, 1.807) is 68.6 Å². The number of anilines is 1. The summed E-state index contributed by atoms with van der Waals surface area (Å²) in [6.07, 6.45) is 0.356. The lowest BCUT2D eigenvalue weighted by atomic mass is 10.1. The first-order chi connectivity index (χ1) is 19.5. The van der Waals surface area contributed by atoms with E-state index < -0.39 is 28.5 Å². The van der Waals surface area contributed by atoms with Crippen molar-refractivity contribution in [3.05, 3.63) is 89.5 Å². The van der Waals surface area contributed by atoms with E-state index in [1.165, 1.54) is 4.90 Å². The summed E-state index contributed by atoms with van der Waals surface area (Å²) in [5.74, 6) is 0.0884. The number of hydrogen-bond donors (Lipinski definition) is 1. The van der Waals surface area contributed by atoms with E-state index in [4.69, 9.17) is 4.74 Å². The van der Waals surface area contributed by atoms with E-state index in [2.05, 4.69) is 5.32 Å². The monoisotopic (exact) mass is 579 g/mol. The third-order valence-electron chi connectivity index (χ3n) is 6.83. The Hall–Kier alpha value is -3.85. The quantitative estimate of drug-likeness (QED) is 0.305. The summed E-state index contributed by atoms with van der Waals surface area (Å²) in [6, 6.07) is 20.1. The molecule has 0 aliphatic rings. The third-order valence-corrected chi connectivity index (χ3v) is 8.60. The van der Waals surface area contributed by atoms with Crippen LogP contribution in [0.25, 0.3) is 0 Å². The molecule has 41 heavy (non-hydrogen) atoms. The summed E-state index contributed by atoms with van der Waals surface area (Å²) in [7, 11) is -2.55. The Kier molecular flexibility index (Phi) is 10.9. The second-order valence-corrected chi connectivity index (χ2v) is 12.4. The van der Waals surface area contributed by atoms with Gasteiger partial charge in [-0.05, 0) is 67.6 Å². The van der Waals surface area contributed by atoms with Gasteiger partial charge < -0.3 is 15.0 Å². The summed E-state index contributed by atoms with van der Waals surface area (Å²) in [4.78, 5) is 29.1. The summed E-state index contributed by atoms with van der Waals surface area (Å²) in [5, 5.41) is 2.94. The van der Waals surface area contributed by atoms with Gasteiger partial charge in [-0.3, -0.25) is 13.9 Å². The highest BCUT2D eigenvalue weighted by atomic mass is 32.2. The van der Waals surface area contributed by atoms with Crippen LogP contribution in [0.5, 0.6) is 5.75 Å². The van der Waals surface area contributed by atoms with Gasteiger partial charge in [-0.25, -0.2) is 8.42 Å². The molecule has 1 unspecified atom stereocenters. The summed E-state index contributed by atoms with van der Waals surface area (Å²) in [6.45, 7) is 9.62. The lowest BCUT2D eigenvalue weighted by Gasteiger charge is -2.33. The van der Waals surface area contributed by atoms with E-state index >= 15 is 0 Å². The van der Waals surface area contributed by atoms with Crippen LogP contribution in [-0.2, 0) is 26.2 Å². The van der Waals surface area contributed by atoms with E-state index in [9.17, 15) is 18.0 Å². The molecule has 220 valence electrons. The SMILES string of the molecule is CCC(C(=O)NCC(C)C)N(Cc1cccc(OC)c1)C(=O)CN(c1ccccc1C)S(=O)(=O)c1ccc(C)cc1. The Morgan fingerprint density at radius 2 is 1.63 bits per heavy atom. The molecule has 2 amide bonds. The summed E-state index contributed by atoms with van der Waals surface area (Å²) in [5.41, 5.74) is 2.79. The number of hydrogen-bond acceptors (Lipinski definition) is 5. The zero-order valence-corrected chi connectivity index (χ0v) is 25.6. The molecule has 0 fully saturated rings. The van der Waals surface area contributed by atoms with Crippen LogP contribution < -0.4 is 14.4 Å². The Morgan fingerprint density at radius 3 is 2.24 bits per heavy atom. The predicted octanol–water partition coefficient (Wildman–Crippen LogP) is 5.09. The number of carbonyl (C=O) groups is 2. The summed E-state index contributed by atoms with van der Waals surface area (Å²) < 4.78 is 34.5. The molecule has 8 nitrogen and oxygen atoms in total. The van der Waals surface area contributed by atoms with Crippen LogP contribution in [0.4, 0.5) is 5.69 Å². The van der Waals surface area contributed by atoms with Crippen molar-refractivity contribution in [2.24, 2.45) is 5.92 Å². The van der Waals surface area contributed by atoms with Gasteiger partial charge in [0.05, 0.1) is 17.7 Å². The lowest BCUT2D eigenvalue weighted by molar-refractivity contribution is -0.140. The number of nitrogens with one attached hydrogen (secondary N) is 1. The maximum Gasteiger partial charge on any atom is 0.264 e. The number of para-hydroxylation sites is 1. The Bertz CT molecular complexity index is 1440. The minimum atomic E-state index is -4.11. The lowest BCUT2D eigenvalue weighted by Crippen LogP contribution is -2.52. The van der Waals surface area contributed by atoms with Crippen LogP contribution in [0.2, 0.25) is 0 Å². The molecule has 0 spiro atoms. The van der Waals surface area contributed by atoms with E-state index in [0.717, 1.165) is 15.4 Å². The number of sulfonamides is 1. The first-order valence-electron chi connectivity index (χ1n) is 13.8. The van der Waals surface area contributed by atoms with E-state index in [1.807, 2.05) is 45.9 Å². The minimum Gasteiger partial charge on any atom is -0.497 e. The van der Waals surface area contributed by atoms with Gasteiger partial charge in [0.1, 0.15) is 18.3 Å². The number of rotatable bonds is 13. The minimum absolute atomic E-state index is 0.0835. The molecule has 1 atom stereocenters. The van der Waals surface area contributed by atoms with Gasteiger partial charge in [-0.1, -0.05) is 68.8 Å². The summed E-state index contributed by atoms with van der Waals surface area (Å²) >= 11 is 0. The number of benzene rings is 3. The van der Waals surface area contributed by atoms with Crippen molar-refractivity contribution in [1.29, 1.82) is 0 Å². The molecule has 3 rings (SSSR count). The smallest absolute Gasteiger partial charge is 0.264 e. The zero-order chi connectivity index (χ0) is 30.2. The molecular weight excluding hydrogens is 538 g/mol. The standard InChI is InChI=1S/C32H41N3O5S/c1-7-29(32(37)33-20-23(2)3)34(21-26-12-10-13-27(19-26)40-6)31(36)22-35(30-14-9-8-11-25(30)5)41(38,39)28-17-15-24(4)16-18-28/h8-19,23,29H,7,20-22H2,1-6H3,(H,33,37). The van der Waals surface area contributed by atoms with Crippen LogP contribution in [0.1, 0.15) is 43.9 Å². The predicted molar refractivity (Wildman–Crippen MR) is 162 cm³/mol. The highest BCUT2D eigenvalue weighted by molar-refractivity contribution is 7.92. The zero-order valence-electron chi connectivity index (χ0n) is 24.8. The van der Waals surface area contributed by atoms with Crippen LogP contribution in [0.3, 0.4) is 0 Å². The Balaban J connectivity index is 2.07. The fourth-order valence-electron chi connectivity index (χ4n) is 4.50. The van der Waals surface area contributed by atoms with E-state index in [-0.39, 0.29) is 23.3 Å². The molecule has 0 saturated carbocycles. The molecule has 0 bridgehead atoms. The average Bonchev–Trinajstić information content (AvgIpc) is 2.95. The van der Waals surface area contributed by atoms with Crippen molar-refractivity contribution >= 4 is 27.5 Å². The maximum atomic E-state index is 14.2. The fraction of sp³-hybridized carbons (Fsp3) is 0.375. The highest BCUT2D eigenvalue weighted by Gasteiger charge is 2.34. The van der Waals surface area contributed by atoms with Crippen molar-refractivity contribution in [2.45, 2.75) is 58.5 Å². The molecular formula is C32H41N3O5S. The molecule has 0 radical (unpaired) electrons. The third kappa shape index (κ3) is 8.10. The first kappa shape index (κ1) is 31.7. The van der Waals surface area contributed by atoms with E-state index in [0.29, 0.717) is 30.0 Å². The van der Waals surface area contributed by atoms with Gasteiger partial charge in [0, 0.05) is 13.1 Å². The number of ether oxygens (including phenoxy) is 1. The van der Waals surface area contributed by atoms with Gasteiger partial charge in [-0.15, -0.1) is 0 Å². The molecule has 0 saturated heterocycles. The fourth-order valence-corrected chi connectivity index (χ4v) is 5.98. The normalized spacial score (nSPS) is 12.1. The number of carbonyl (C=O) groups excluding carboxylic acids is 2. The molecule has 0 aliphatic heterocycles. The largest absolute Gasteiger partial charge is 0.497 e. The van der Waals surface area contributed by atoms with Gasteiger partial charge in [-0.2, -0.15) is 0 Å². The average molecular weight is 580 g/mol. The Labute approximate surface area is 244 Å². The second kappa shape index (κ2) is 14.2. The molecule has 0 aliphatic carbocycles. The number of amides is 2. The molecule has 1 N–H and O–H groups in total. The van der Waals surface area contributed by atoms with Gasteiger partial charge in [0.25, 0.3) is 10.0 Å². The topological polar surface area (TPSA) is 96.0 Å². The van der Waals surface area contributed by atoms with Gasteiger partial charge in [0.2, 0.25) is 11.8 Å². The van der Waals surface area contributed by atoms with Crippen LogP contribution in [0.15, 0.2) is 77.7 Å². The van der Waals surface area contributed by atoms with Gasteiger partial charge in [0.15, 0.2) is 0 Å². The number of methoxy groups -OCH3 is 1. The van der Waals surface area contributed by atoms with Crippen LogP contribution >= 0.6 is 0 Å². The van der Waals surface area contributed by atoms with Crippen molar-refractivity contribution in [3.63, 3.8) is 0 Å². The maximum absolute atomic E-state index is 14.2. The number of aryl methyl sites for hydroxylation is 2. The van der Waals surface area contributed by atoms with Crippen LogP contribution in [0, 0.1) is 19.8 Å².